The van der Waals surface area contributed by atoms with E-state index in [9.17, 15) is 9.90 Å². The molecule has 0 aliphatic heterocycles. The molecule has 2 rings (SSSR count). The van der Waals surface area contributed by atoms with Crippen molar-refractivity contribution in [3.8, 4) is 11.4 Å². The molecular weight excluding hydrogens is 288 g/mol. The third-order valence-corrected chi connectivity index (χ3v) is 3.91. The second kappa shape index (κ2) is 5.77. The molecule has 0 bridgehead atoms. The van der Waals surface area contributed by atoms with Gasteiger partial charge in [0.1, 0.15) is 0 Å². The molecule has 2 N–H and O–H groups in total. The Labute approximate surface area is 127 Å². The summed E-state index contributed by atoms with van der Waals surface area (Å²) >= 11 is 0.980. The summed E-state index contributed by atoms with van der Waals surface area (Å²) in [6.45, 7) is 6.42. The Balaban J connectivity index is 2.24. The number of hydrogen-bond acceptors (Lipinski definition) is 6. The van der Waals surface area contributed by atoms with Gasteiger partial charge in [-0.2, -0.15) is 0 Å². The summed E-state index contributed by atoms with van der Waals surface area (Å²) in [6.07, 6.45) is 0. The van der Waals surface area contributed by atoms with Crippen molar-refractivity contribution in [3.05, 3.63) is 29.8 Å². The minimum absolute atomic E-state index is 0.0738. The number of carboxylic acid groups (broad SMARTS) is 1. The SMILES string of the molecule is CC(C)(C)c1ccc(-c2nnc(SCC(=O)[O-])n2N)cc1. The van der Waals surface area contributed by atoms with Crippen LogP contribution in [0.5, 0.6) is 0 Å². The molecule has 0 atom stereocenters. The van der Waals surface area contributed by atoms with E-state index in [2.05, 4.69) is 31.0 Å². The second-order valence-electron chi connectivity index (χ2n) is 5.66. The summed E-state index contributed by atoms with van der Waals surface area (Å²) in [5.74, 6) is 5.02. The lowest BCUT2D eigenvalue weighted by atomic mass is 9.87. The molecule has 21 heavy (non-hydrogen) atoms. The smallest absolute Gasteiger partial charge is 0.210 e. The normalized spacial score (nSPS) is 11.6. The molecule has 0 aliphatic carbocycles. The number of nitrogens with two attached hydrogens (primary N) is 1. The lowest BCUT2D eigenvalue weighted by molar-refractivity contribution is -0.301. The highest BCUT2D eigenvalue weighted by molar-refractivity contribution is 7.99. The van der Waals surface area contributed by atoms with Gasteiger partial charge in [-0.1, -0.05) is 56.8 Å². The first kappa shape index (κ1) is 15.4. The Kier molecular flexibility index (Phi) is 4.22. The molecule has 112 valence electrons. The first-order valence-corrected chi connectivity index (χ1v) is 7.41. The van der Waals surface area contributed by atoms with Crippen LogP contribution in [0.1, 0.15) is 26.3 Å². The minimum atomic E-state index is -1.17. The van der Waals surface area contributed by atoms with Crippen molar-refractivity contribution in [2.75, 3.05) is 11.6 Å². The van der Waals surface area contributed by atoms with Gasteiger partial charge < -0.3 is 15.7 Å². The van der Waals surface area contributed by atoms with E-state index < -0.39 is 5.97 Å². The van der Waals surface area contributed by atoms with E-state index in [0.29, 0.717) is 11.0 Å². The predicted octanol–water partition coefficient (Wildman–Crippen LogP) is 0.798. The fourth-order valence-electron chi connectivity index (χ4n) is 1.82. The van der Waals surface area contributed by atoms with Crippen LogP contribution in [0.2, 0.25) is 0 Å². The number of thioether (sulfide) groups is 1. The van der Waals surface area contributed by atoms with Crippen LogP contribution in [0.3, 0.4) is 0 Å². The number of aromatic nitrogens is 3. The second-order valence-corrected chi connectivity index (χ2v) is 6.61. The predicted molar refractivity (Wildman–Crippen MR) is 80.0 cm³/mol. The zero-order valence-electron chi connectivity index (χ0n) is 12.2. The monoisotopic (exact) mass is 305 g/mol. The molecule has 0 aliphatic rings. The van der Waals surface area contributed by atoms with E-state index in [1.807, 2.05) is 24.3 Å². The number of nitrogens with zero attached hydrogens (tertiary/aromatic N) is 3. The summed E-state index contributed by atoms with van der Waals surface area (Å²) < 4.78 is 1.29. The Morgan fingerprint density at radius 3 is 2.43 bits per heavy atom. The maximum Gasteiger partial charge on any atom is 0.210 e. The van der Waals surface area contributed by atoms with Gasteiger partial charge in [0, 0.05) is 11.3 Å². The fraction of sp³-hybridized carbons (Fsp3) is 0.357. The van der Waals surface area contributed by atoms with Crippen LogP contribution in [0.25, 0.3) is 11.4 Å². The molecule has 1 heterocycles. The number of carboxylic acids is 1. The molecule has 0 spiro atoms. The van der Waals surface area contributed by atoms with Crippen LogP contribution in [-0.4, -0.2) is 26.6 Å². The summed E-state index contributed by atoms with van der Waals surface area (Å²) in [6, 6.07) is 7.91. The van der Waals surface area contributed by atoms with Gasteiger partial charge in [0.05, 0.1) is 5.97 Å². The summed E-state index contributed by atoms with van der Waals surface area (Å²) in [5.41, 5.74) is 2.11. The summed E-state index contributed by atoms with van der Waals surface area (Å²) in [5, 5.41) is 18.7. The van der Waals surface area contributed by atoms with E-state index in [0.717, 1.165) is 17.3 Å². The van der Waals surface area contributed by atoms with Crippen molar-refractivity contribution < 1.29 is 9.90 Å². The van der Waals surface area contributed by atoms with Crippen LogP contribution in [0.4, 0.5) is 0 Å². The van der Waals surface area contributed by atoms with E-state index in [1.54, 1.807) is 0 Å². The zero-order valence-corrected chi connectivity index (χ0v) is 13.0. The molecular formula is C14H17N4O2S-. The molecule has 0 saturated heterocycles. The van der Waals surface area contributed by atoms with Crippen molar-refractivity contribution in [1.29, 1.82) is 0 Å². The van der Waals surface area contributed by atoms with Gasteiger partial charge in [-0.05, 0) is 11.0 Å². The highest BCUT2D eigenvalue weighted by atomic mass is 32.2. The number of carbonyl (C=O) groups is 1. The van der Waals surface area contributed by atoms with Crippen molar-refractivity contribution in [1.82, 2.24) is 14.9 Å². The van der Waals surface area contributed by atoms with Gasteiger partial charge in [0.25, 0.3) is 0 Å². The number of carbonyl (C=O) groups excluding carboxylic acids is 1. The van der Waals surface area contributed by atoms with Crippen LogP contribution < -0.4 is 10.9 Å². The molecule has 2 aromatic rings. The molecule has 0 unspecified atom stereocenters. The Morgan fingerprint density at radius 1 is 1.29 bits per heavy atom. The van der Waals surface area contributed by atoms with E-state index >= 15 is 0 Å². The maximum absolute atomic E-state index is 10.5. The Bertz CT molecular complexity index is 644. The minimum Gasteiger partial charge on any atom is -0.549 e. The maximum atomic E-state index is 10.5. The molecule has 0 fully saturated rings. The van der Waals surface area contributed by atoms with Gasteiger partial charge in [-0.25, -0.2) is 4.68 Å². The molecule has 0 amide bonds. The Hall–Kier alpha value is -2.02. The van der Waals surface area contributed by atoms with E-state index in [1.165, 1.54) is 10.2 Å². The number of benzene rings is 1. The average molecular weight is 305 g/mol. The number of hydrogen-bond donors (Lipinski definition) is 1. The highest BCUT2D eigenvalue weighted by Gasteiger charge is 2.15. The molecule has 0 radical (unpaired) electrons. The van der Waals surface area contributed by atoms with Crippen LogP contribution in [-0.2, 0) is 10.2 Å². The van der Waals surface area contributed by atoms with Gasteiger partial charge in [-0.3, -0.25) is 0 Å². The number of aliphatic carboxylic acids is 1. The highest BCUT2D eigenvalue weighted by Crippen LogP contribution is 2.26. The molecule has 7 heteroatoms. The zero-order chi connectivity index (χ0) is 15.6. The van der Waals surface area contributed by atoms with E-state index in [4.69, 9.17) is 5.84 Å². The lowest BCUT2D eigenvalue weighted by Crippen LogP contribution is -2.24. The van der Waals surface area contributed by atoms with Crippen molar-refractivity contribution >= 4 is 17.7 Å². The van der Waals surface area contributed by atoms with Crippen molar-refractivity contribution in [2.24, 2.45) is 0 Å². The first-order valence-electron chi connectivity index (χ1n) is 6.43. The lowest BCUT2D eigenvalue weighted by Gasteiger charge is -2.19. The third kappa shape index (κ3) is 3.55. The van der Waals surface area contributed by atoms with Crippen molar-refractivity contribution in [2.45, 2.75) is 31.3 Å². The van der Waals surface area contributed by atoms with Crippen molar-refractivity contribution in [3.63, 3.8) is 0 Å². The van der Waals surface area contributed by atoms with Gasteiger partial charge in [0.15, 0.2) is 5.82 Å². The summed E-state index contributed by atoms with van der Waals surface area (Å²) in [4.78, 5) is 10.5. The largest absolute Gasteiger partial charge is 0.549 e. The van der Waals surface area contributed by atoms with Crippen LogP contribution >= 0.6 is 11.8 Å². The van der Waals surface area contributed by atoms with Crippen LogP contribution in [0.15, 0.2) is 29.4 Å². The van der Waals surface area contributed by atoms with Crippen LogP contribution in [0, 0.1) is 0 Å². The van der Waals surface area contributed by atoms with E-state index in [-0.39, 0.29) is 11.2 Å². The fourth-order valence-corrected chi connectivity index (χ4v) is 2.39. The third-order valence-electron chi connectivity index (χ3n) is 2.99. The van der Waals surface area contributed by atoms with Gasteiger partial charge in [-0.15, -0.1) is 10.2 Å². The number of rotatable bonds is 4. The quantitative estimate of drug-likeness (QED) is 0.663. The Morgan fingerprint density at radius 2 is 1.90 bits per heavy atom. The number of nitrogen functional groups attached to an aromatic ring is 1. The van der Waals surface area contributed by atoms with Gasteiger partial charge >= 0.3 is 0 Å². The molecule has 1 aromatic carbocycles. The average Bonchev–Trinajstić information content (AvgIpc) is 2.77. The topological polar surface area (TPSA) is 96.9 Å². The molecule has 0 saturated carbocycles. The first-order chi connectivity index (χ1) is 9.79. The molecule has 6 nitrogen and oxygen atoms in total. The van der Waals surface area contributed by atoms with Gasteiger partial charge in [0.2, 0.25) is 5.16 Å². The molecule has 1 aromatic heterocycles. The summed E-state index contributed by atoms with van der Waals surface area (Å²) in [7, 11) is 0. The standard InChI is InChI=1S/C14H18N4O2S/c1-14(2,3)10-6-4-9(5-7-10)12-16-17-13(18(12)15)21-8-11(19)20/h4-7H,8,15H2,1-3H3,(H,19,20)/p-1.